The molecule has 3 aliphatic rings. The number of imidazole rings is 1. The van der Waals surface area contributed by atoms with Gasteiger partial charge in [0.05, 0.1) is 6.04 Å². The average molecular weight is 556 g/mol. The van der Waals surface area contributed by atoms with Gasteiger partial charge in [-0.05, 0) is 73.8 Å². The minimum Gasteiger partial charge on any atom is -0.465 e. The Morgan fingerprint density at radius 3 is 2.34 bits per heavy atom. The molecular weight excluding hydrogens is 510 g/mol. The van der Waals surface area contributed by atoms with Crippen molar-refractivity contribution in [1.29, 1.82) is 0 Å². The molecule has 1 atom stereocenters. The lowest BCUT2D eigenvalue weighted by Crippen LogP contribution is -2.46. The summed E-state index contributed by atoms with van der Waals surface area (Å²) in [6, 6.07) is 19.0. The Morgan fingerprint density at radius 2 is 1.66 bits per heavy atom. The van der Waals surface area contributed by atoms with Crippen LogP contribution in [0.25, 0.3) is 0 Å². The summed E-state index contributed by atoms with van der Waals surface area (Å²) in [7, 11) is 0. The normalized spacial score (nSPS) is 20.8. The maximum Gasteiger partial charge on any atom is 0.408 e. The van der Waals surface area contributed by atoms with Crippen molar-refractivity contribution >= 4 is 6.09 Å². The monoisotopic (exact) mass is 555 g/mol. The number of piperidine rings is 1. The fourth-order valence-electron chi connectivity index (χ4n) is 7.55. The van der Waals surface area contributed by atoms with E-state index in [-0.39, 0.29) is 0 Å². The number of carboxylic acid groups (broad SMARTS) is 1. The SMILES string of the molecule is O=C(O)N(Cc1ccc(CN2CCC3(CCN(C4CCCCC4)CC3)C2)cc1)C(Cc1ccccc1)c1ncc[nH]1. The second-order valence-electron chi connectivity index (χ2n) is 12.7. The van der Waals surface area contributed by atoms with Crippen molar-refractivity contribution in [3.63, 3.8) is 0 Å². The van der Waals surface area contributed by atoms with E-state index in [1.807, 2.05) is 30.3 Å². The lowest BCUT2D eigenvalue weighted by Gasteiger charge is -2.43. The smallest absolute Gasteiger partial charge is 0.408 e. The zero-order valence-electron chi connectivity index (χ0n) is 24.3. The molecule has 0 bridgehead atoms. The first-order valence-corrected chi connectivity index (χ1v) is 15.6. The van der Waals surface area contributed by atoms with Gasteiger partial charge in [0.2, 0.25) is 0 Å². The number of aromatic nitrogens is 2. The third kappa shape index (κ3) is 6.84. The molecule has 2 saturated heterocycles. The molecule has 2 N–H and O–H groups in total. The van der Waals surface area contributed by atoms with Crippen LogP contribution in [0.3, 0.4) is 0 Å². The van der Waals surface area contributed by atoms with Gasteiger partial charge in [-0.15, -0.1) is 0 Å². The van der Waals surface area contributed by atoms with E-state index in [1.54, 1.807) is 12.4 Å². The molecule has 1 unspecified atom stereocenters. The maximum atomic E-state index is 12.5. The first kappa shape index (κ1) is 28.0. The lowest BCUT2D eigenvalue weighted by atomic mass is 9.77. The molecule has 1 amide bonds. The summed E-state index contributed by atoms with van der Waals surface area (Å²) >= 11 is 0. The van der Waals surface area contributed by atoms with Gasteiger partial charge in [-0.3, -0.25) is 9.80 Å². The lowest BCUT2D eigenvalue weighted by molar-refractivity contribution is 0.0615. The van der Waals surface area contributed by atoms with Crippen molar-refractivity contribution in [2.75, 3.05) is 26.2 Å². The highest BCUT2D eigenvalue weighted by atomic mass is 16.4. The molecule has 1 spiro atoms. The Kier molecular flexibility index (Phi) is 8.73. The fraction of sp³-hybridized carbons (Fsp3) is 0.529. The molecule has 7 heteroatoms. The average Bonchev–Trinajstić information content (AvgIpc) is 3.68. The molecule has 1 aliphatic carbocycles. The molecule has 3 heterocycles. The molecule has 1 saturated carbocycles. The van der Waals surface area contributed by atoms with E-state index in [4.69, 9.17) is 0 Å². The molecular formula is C34H45N5O2. The Hall–Kier alpha value is -3.16. The number of amides is 1. The van der Waals surface area contributed by atoms with Crippen LogP contribution in [0.5, 0.6) is 0 Å². The minimum atomic E-state index is -0.941. The topological polar surface area (TPSA) is 75.7 Å². The Morgan fingerprint density at radius 1 is 0.951 bits per heavy atom. The van der Waals surface area contributed by atoms with E-state index < -0.39 is 12.1 Å². The first-order chi connectivity index (χ1) is 20.1. The second-order valence-corrected chi connectivity index (χ2v) is 12.7. The van der Waals surface area contributed by atoms with E-state index in [9.17, 15) is 9.90 Å². The van der Waals surface area contributed by atoms with Crippen molar-refractivity contribution < 1.29 is 9.90 Å². The number of benzene rings is 2. The minimum absolute atomic E-state index is 0.318. The molecule has 0 radical (unpaired) electrons. The number of carbonyl (C=O) groups is 1. The third-order valence-electron chi connectivity index (χ3n) is 9.98. The molecule has 3 fully saturated rings. The molecule has 7 nitrogen and oxygen atoms in total. The highest BCUT2D eigenvalue weighted by Crippen LogP contribution is 2.42. The van der Waals surface area contributed by atoms with Crippen LogP contribution in [-0.4, -0.2) is 68.1 Å². The van der Waals surface area contributed by atoms with Gasteiger partial charge in [0.1, 0.15) is 5.82 Å². The Labute approximate surface area is 244 Å². The van der Waals surface area contributed by atoms with Crippen LogP contribution in [0.15, 0.2) is 67.0 Å². The van der Waals surface area contributed by atoms with E-state index in [0.717, 1.165) is 23.7 Å². The maximum absolute atomic E-state index is 12.5. The third-order valence-corrected chi connectivity index (χ3v) is 9.98. The molecule has 41 heavy (non-hydrogen) atoms. The van der Waals surface area contributed by atoms with Gasteiger partial charge in [-0.1, -0.05) is 73.9 Å². The van der Waals surface area contributed by atoms with Crippen LogP contribution in [0, 0.1) is 5.41 Å². The predicted octanol–water partition coefficient (Wildman–Crippen LogP) is 6.49. The summed E-state index contributed by atoms with van der Waals surface area (Å²) < 4.78 is 0. The predicted molar refractivity (Wildman–Crippen MR) is 161 cm³/mol. The largest absolute Gasteiger partial charge is 0.465 e. The molecule has 218 valence electrons. The van der Waals surface area contributed by atoms with Gasteiger partial charge >= 0.3 is 6.09 Å². The standard InChI is InChI=1S/C34H45N5O2/c40-33(41)39(31(32-35-18-19-36-32)23-27-7-3-1-4-8-27)25-29-13-11-28(12-14-29)24-37-20-15-34(26-37)16-21-38(22-17-34)30-9-5-2-6-10-30/h1,3-4,7-8,11-14,18-19,30-31H,2,5-6,9-10,15-17,20-26H2,(H,35,36)(H,40,41). The number of hydrogen-bond donors (Lipinski definition) is 2. The number of H-pyrrole nitrogens is 1. The van der Waals surface area contributed by atoms with Crippen LogP contribution < -0.4 is 0 Å². The summed E-state index contributed by atoms with van der Waals surface area (Å²) in [5.41, 5.74) is 3.89. The van der Waals surface area contributed by atoms with E-state index in [2.05, 4.69) is 44.0 Å². The summed E-state index contributed by atoms with van der Waals surface area (Å²) in [4.78, 5) is 27.0. The van der Waals surface area contributed by atoms with E-state index in [0.29, 0.717) is 24.2 Å². The quantitative estimate of drug-likeness (QED) is 0.316. The van der Waals surface area contributed by atoms with Crippen molar-refractivity contribution in [1.82, 2.24) is 24.7 Å². The summed E-state index contributed by atoms with van der Waals surface area (Å²) in [5.74, 6) is 0.667. The Balaban J connectivity index is 1.05. The highest BCUT2D eigenvalue weighted by Gasteiger charge is 2.41. The van der Waals surface area contributed by atoms with E-state index in [1.165, 1.54) is 88.0 Å². The van der Waals surface area contributed by atoms with Crippen molar-refractivity contribution in [3.8, 4) is 0 Å². The molecule has 6 rings (SSSR count). The van der Waals surface area contributed by atoms with Crippen LogP contribution in [0.1, 0.15) is 79.9 Å². The molecule has 2 aromatic carbocycles. The number of likely N-dealkylation sites (tertiary alicyclic amines) is 2. The number of nitrogens with zero attached hydrogens (tertiary/aromatic N) is 4. The van der Waals surface area contributed by atoms with Crippen LogP contribution in [0.4, 0.5) is 4.79 Å². The van der Waals surface area contributed by atoms with Crippen molar-refractivity contribution in [3.05, 3.63) is 89.5 Å². The van der Waals surface area contributed by atoms with Gasteiger partial charge in [0.15, 0.2) is 0 Å². The number of hydrogen-bond acceptors (Lipinski definition) is 4. The van der Waals surface area contributed by atoms with Gasteiger partial charge in [0, 0.05) is 44.5 Å². The Bertz CT molecular complexity index is 1230. The van der Waals surface area contributed by atoms with Crippen LogP contribution >= 0.6 is 0 Å². The summed E-state index contributed by atoms with van der Waals surface area (Å²) in [5, 5.41) is 10.2. The van der Waals surface area contributed by atoms with Crippen molar-refractivity contribution in [2.45, 2.75) is 83.0 Å². The zero-order chi connectivity index (χ0) is 28.1. The highest BCUT2D eigenvalue weighted by molar-refractivity contribution is 5.65. The number of nitrogens with one attached hydrogen (secondary N) is 1. The number of rotatable bonds is 9. The van der Waals surface area contributed by atoms with Crippen molar-refractivity contribution in [2.24, 2.45) is 5.41 Å². The summed E-state index contributed by atoms with van der Waals surface area (Å²) in [6.45, 7) is 6.26. The zero-order valence-corrected chi connectivity index (χ0v) is 24.3. The van der Waals surface area contributed by atoms with Gasteiger partial charge in [-0.2, -0.15) is 0 Å². The van der Waals surface area contributed by atoms with Gasteiger partial charge in [-0.25, -0.2) is 9.78 Å². The van der Waals surface area contributed by atoms with Gasteiger partial charge in [0.25, 0.3) is 0 Å². The molecule has 3 aromatic rings. The summed E-state index contributed by atoms with van der Waals surface area (Å²) in [6.07, 6.45) is 14.2. The first-order valence-electron chi connectivity index (χ1n) is 15.6. The number of aromatic amines is 1. The molecule has 2 aliphatic heterocycles. The van der Waals surface area contributed by atoms with E-state index >= 15 is 0 Å². The van der Waals surface area contributed by atoms with Gasteiger partial charge < -0.3 is 15.0 Å². The fourth-order valence-corrected chi connectivity index (χ4v) is 7.55. The van der Waals surface area contributed by atoms with Crippen LogP contribution in [-0.2, 0) is 19.5 Å². The van der Waals surface area contributed by atoms with Crippen LogP contribution in [0.2, 0.25) is 0 Å². The second kappa shape index (κ2) is 12.8. The molecule has 1 aromatic heterocycles.